The Hall–Kier alpha value is -0.783. The van der Waals surface area contributed by atoms with Crippen molar-refractivity contribution < 1.29 is 34.6 Å². The van der Waals surface area contributed by atoms with E-state index >= 15 is 0 Å². The Morgan fingerprint density at radius 1 is 1.20 bits per heavy atom. The zero-order chi connectivity index (χ0) is 7.28. The van der Waals surface area contributed by atoms with Gasteiger partial charge in [-0.05, 0) is 0 Å². The van der Waals surface area contributed by atoms with Gasteiger partial charge in [-0.3, -0.25) is 0 Å². The first-order chi connectivity index (χ1) is 4.20. The minimum absolute atomic E-state index is 0. The van der Waals surface area contributed by atoms with Crippen molar-refractivity contribution in [2.75, 3.05) is 0 Å². The van der Waals surface area contributed by atoms with E-state index in [0.29, 0.717) is 0 Å². The van der Waals surface area contributed by atoms with Crippen LogP contribution in [0.25, 0.3) is 0 Å². The number of carbonyl (C=O) groups is 2. The second-order valence-electron chi connectivity index (χ2n) is 1.15. The van der Waals surface area contributed by atoms with E-state index < -0.39 is 11.9 Å². The van der Waals surface area contributed by atoms with Crippen LogP contribution in [-0.2, 0) is 14.3 Å². The van der Waals surface area contributed by atoms with Gasteiger partial charge in [0.1, 0.15) is 0 Å². The molecule has 0 radical (unpaired) electrons. The maximum atomic E-state index is 10.2. The van der Waals surface area contributed by atoms with Crippen molar-refractivity contribution in [1.29, 1.82) is 0 Å². The first-order valence-corrected chi connectivity index (χ1v) is 2.21. The summed E-state index contributed by atoms with van der Waals surface area (Å²) in [7, 11) is 0. The Morgan fingerprint density at radius 2 is 1.50 bits per heavy atom. The van der Waals surface area contributed by atoms with Gasteiger partial charge in [0.25, 0.3) is 0 Å². The minimum Gasteiger partial charge on any atom is -1.00 e. The molecule has 0 rings (SSSR count). The van der Waals surface area contributed by atoms with Gasteiger partial charge in [-0.15, -0.1) is 0 Å². The number of ether oxygens (including phenoxy) is 1. The summed E-state index contributed by atoms with van der Waals surface area (Å²) in [5, 5.41) is 0. The number of esters is 2. The largest absolute Gasteiger partial charge is 1.00 e. The van der Waals surface area contributed by atoms with Crippen LogP contribution in [0.4, 0.5) is 0 Å². The van der Waals surface area contributed by atoms with Crippen molar-refractivity contribution >= 4 is 11.9 Å². The molecule has 0 fully saturated rings. The summed E-state index contributed by atoms with van der Waals surface area (Å²) < 4.78 is 4.03. The van der Waals surface area contributed by atoms with E-state index in [4.69, 9.17) is 0 Å². The molecule has 10 heavy (non-hydrogen) atoms. The molecule has 0 heterocycles. The SMILES string of the molecule is C=CC(=O)OC(=O)C=C.[H-].[Li+]. The Balaban J connectivity index is -0.000000320. The van der Waals surface area contributed by atoms with Gasteiger partial charge >= 0.3 is 30.8 Å². The van der Waals surface area contributed by atoms with E-state index in [2.05, 4.69) is 17.9 Å². The van der Waals surface area contributed by atoms with Gasteiger partial charge < -0.3 is 6.16 Å². The van der Waals surface area contributed by atoms with E-state index in [1.807, 2.05) is 0 Å². The number of hydrogen-bond acceptors (Lipinski definition) is 3. The van der Waals surface area contributed by atoms with Gasteiger partial charge in [0.05, 0.1) is 0 Å². The first-order valence-electron chi connectivity index (χ1n) is 2.21. The Labute approximate surface area is 72.4 Å². The molecule has 0 bridgehead atoms. The normalized spacial score (nSPS) is 6.80. The number of carbonyl (C=O) groups excluding carboxylic acids is 2. The van der Waals surface area contributed by atoms with Gasteiger partial charge in [-0.25, -0.2) is 9.59 Å². The maximum Gasteiger partial charge on any atom is 1.00 e. The average molecular weight is 134 g/mol. The van der Waals surface area contributed by atoms with Crippen molar-refractivity contribution in [3.8, 4) is 0 Å². The zero-order valence-corrected chi connectivity index (χ0v) is 5.79. The van der Waals surface area contributed by atoms with Gasteiger partial charge in [-0.2, -0.15) is 0 Å². The molecule has 4 heteroatoms. The fourth-order valence-corrected chi connectivity index (χ4v) is 0.182. The molecule has 3 nitrogen and oxygen atoms in total. The summed E-state index contributed by atoms with van der Waals surface area (Å²) in [6.07, 6.45) is 1.81. The van der Waals surface area contributed by atoms with Crippen LogP contribution < -0.4 is 18.9 Å². The zero-order valence-electron chi connectivity index (χ0n) is 6.79. The van der Waals surface area contributed by atoms with Crippen LogP contribution in [-0.4, -0.2) is 11.9 Å². The van der Waals surface area contributed by atoms with Crippen LogP contribution in [0, 0.1) is 0 Å². The molecule has 0 N–H and O–H groups in total. The molecule has 0 saturated heterocycles. The van der Waals surface area contributed by atoms with Gasteiger partial charge in [0.2, 0.25) is 0 Å². The second-order valence-corrected chi connectivity index (χ2v) is 1.15. The van der Waals surface area contributed by atoms with Crippen LogP contribution in [0.5, 0.6) is 0 Å². The maximum absolute atomic E-state index is 10.2. The molecule has 0 amide bonds. The van der Waals surface area contributed by atoms with Crippen LogP contribution in [0.2, 0.25) is 0 Å². The van der Waals surface area contributed by atoms with Crippen molar-refractivity contribution in [2.45, 2.75) is 0 Å². The van der Waals surface area contributed by atoms with Crippen LogP contribution in [0.1, 0.15) is 1.43 Å². The molecule has 0 spiro atoms. The van der Waals surface area contributed by atoms with E-state index in [1.54, 1.807) is 0 Å². The molecule has 0 aliphatic carbocycles. The monoisotopic (exact) mass is 134 g/mol. The smallest absolute Gasteiger partial charge is 1.00 e. The summed E-state index contributed by atoms with van der Waals surface area (Å²) in [5.74, 6) is -1.53. The summed E-state index contributed by atoms with van der Waals surface area (Å²) in [6, 6.07) is 0. The molecule has 0 atom stereocenters. The molecule has 50 valence electrons. The number of hydrogen-bond donors (Lipinski definition) is 0. The van der Waals surface area contributed by atoms with Crippen LogP contribution in [0.15, 0.2) is 25.3 Å². The molecule has 0 saturated carbocycles. The molecule has 0 unspecified atom stereocenters. The van der Waals surface area contributed by atoms with Crippen molar-refractivity contribution in [3.05, 3.63) is 25.3 Å². The molecule has 0 aromatic carbocycles. The quantitative estimate of drug-likeness (QED) is 0.182. The predicted molar refractivity (Wildman–Crippen MR) is 32.6 cm³/mol. The fraction of sp³-hybridized carbons (Fsp3) is 0. The summed E-state index contributed by atoms with van der Waals surface area (Å²) in [4.78, 5) is 20.3. The molecule has 0 aliphatic rings. The van der Waals surface area contributed by atoms with Gasteiger partial charge in [0, 0.05) is 12.2 Å². The number of rotatable bonds is 2. The Kier molecular flexibility index (Phi) is 7.57. The third-order valence-corrected chi connectivity index (χ3v) is 0.535. The molecular formula is C6H7LiO3. The average Bonchev–Trinajstić information content (AvgIpc) is 1.87. The second kappa shape index (κ2) is 6.34. The van der Waals surface area contributed by atoms with E-state index in [-0.39, 0.29) is 20.3 Å². The van der Waals surface area contributed by atoms with Crippen LogP contribution >= 0.6 is 0 Å². The molecular weight excluding hydrogens is 127 g/mol. The topological polar surface area (TPSA) is 43.4 Å². The summed E-state index contributed by atoms with van der Waals surface area (Å²) in [5.41, 5.74) is 0. The van der Waals surface area contributed by atoms with Crippen LogP contribution in [0.3, 0.4) is 0 Å². The standard InChI is InChI=1S/C6H6O3.Li.H/c1-3-5(7)9-6(8)4-2;;/h3-4H,1-2H2;;/q;+1;-1. The van der Waals surface area contributed by atoms with E-state index in [0.717, 1.165) is 12.2 Å². The molecule has 0 aromatic heterocycles. The summed E-state index contributed by atoms with van der Waals surface area (Å²) >= 11 is 0. The van der Waals surface area contributed by atoms with E-state index in [1.165, 1.54) is 0 Å². The van der Waals surface area contributed by atoms with Gasteiger partial charge in [0.15, 0.2) is 0 Å². The molecule has 0 aromatic rings. The fourth-order valence-electron chi connectivity index (χ4n) is 0.182. The third-order valence-electron chi connectivity index (χ3n) is 0.535. The summed E-state index contributed by atoms with van der Waals surface area (Å²) in [6.45, 7) is 6.17. The Morgan fingerprint density at radius 3 is 1.70 bits per heavy atom. The minimum atomic E-state index is -0.764. The third kappa shape index (κ3) is 5.36. The van der Waals surface area contributed by atoms with Crippen molar-refractivity contribution in [3.63, 3.8) is 0 Å². The van der Waals surface area contributed by atoms with Crippen molar-refractivity contribution in [2.24, 2.45) is 0 Å². The van der Waals surface area contributed by atoms with E-state index in [9.17, 15) is 9.59 Å². The first kappa shape index (κ1) is 11.9. The van der Waals surface area contributed by atoms with Gasteiger partial charge in [-0.1, -0.05) is 13.2 Å². The predicted octanol–water partition coefficient (Wildman–Crippen LogP) is -2.46. The Bertz CT molecular complexity index is 149. The van der Waals surface area contributed by atoms with Crippen molar-refractivity contribution in [1.82, 2.24) is 0 Å². The molecule has 0 aliphatic heterocycles.